The van der Waals surface area contributed by atoms with Gasteiger partial charge in [-0.15, -0.1) is 16.8 Å². The highest BCUT2D eigenvalue weighted by Gasteiger charge is 2.19. The molecule has 30 heavy (non-hydrogen) atoms. The molecule has 1 heterocycles. The molecule has 1 aromatic heterocycles. The van der Waals surface area contributed by atoms with Crippen molar-refractivity contribution < 1.29 is 4.79 Å². The molecule has 0 aliphatic heterocycles. The summed E-state index contributed by atoms with van der Waals surface area (Å²) in [6.07, 6.45) is 2.02. The van der Waals surface area contributed by atoms with Gasteiger partial charge in [0.2, 0.25) is 5.91 Å². The van der Waals surface area contributed by atoms with Crippen LogP contribution in [0.3, 0.4) is 0 Å². The number of hydrogen-bond acceptors (Lipinski definition) is 5. The Labute approximate surface area is 184 Å². The molecule has 6 nitrogen and oxygen atoms in total. The van der Waals surface area contributed by atoms with Crippen LogP contribution in [0, 0.1) is 11.3 Å². The molecule has 0 aliphatic carbocycles. The van der Waals surface area contributed by atoms with Crippen molar-refractivity contribution in [1.82, 2.24) is 14.8 Å². The zero-order valence-electron chi connectivity index (χ0n) is 16.2. The predicted octanol–water partition coefficient (Wildman–Crippen LogP) is 4.82. The molecule has 2 aromatic carbocycles. The molecular formula is C22H20ClN5OS. The highest BCUT2D eigenvalue weighted by Crippen LogP contribution is 2.26. The van der Waals surface area contributed by atoms with Gasteiger partial charge in [-0.25, -0.2) is 0 Å². The molecule has 0 fully saturated rings. The average Bonchev–Trinajstić information content (AvgIpc) is 3.16. The number of nitriles is 1. The van der Waals surface area contributed by atoms with Crippen LogP contribution in [0.15, 0.2) is 72.4 Å². The second-order valence-electron chi connectivity index (χ2n) is 6.29. The minimum Gasteiger partial charge on any atom is -0.311 e. The van der Waals surface area contributed by atoms with Gasteiger partial charge in [-0.05, 0) is 36.4 Å². The standard InChI is InChI=1S/C22H20ClN5OS/c1-2-14-28-21(17-9-11-18(23)12-10-17)25-26-22(28)30-16-20(29)27(15-6-13-24)19-7-4-3-5-8-19/h2-5,7-12H,1,6,14-16H2. The lowest BCUT2D eigenvalue weighted by atomic mass is 10.2. The molecule has 3 rings (SSSR count). The Morgan fingerprint density at radius 3 is 2.60 bits per heavy atom. The number of thioether (sulfide) groups is 1. The first-order valence-electron chi connectivity index (χ1n) is 9.29. The summed E-state index contributed by atoms with van der Waals surface area (Å²) >= 11 is 7.29. The number of amides is 1. The molecule has 0 spiro atoms. The van der Waals surface area contributed by atoms with Crippen LogP contribution in [0.5, 0.6) is 0 Å². The van der Waals surface area contributed by atoms with Crippen molar-refractivity contribution in [3.8, 4) is 17.5 Å². The number of carbonyl (C=O) groups excluding carboxylic acids is 1. The summed E-state index contributed by atoms with van der Waals surface area (Å²) in [5.41, 5.74) is 1.65. The van der Waals surface area contributed by atoms with E-state index in [1.165, 1.54) is 11.8 Å². The molecule has 8 heteroatoms. The van der Waals surface area contributed by atoms with Gasteiger partial charge in [0.25, 0.3) is 0 Å². The summed E-state index contributed by atoms with van der Waals surface area (Å²) in [4.78, 5) is 14.5. The number of aromatic nitrogens is 3. The van der Waals surface area contributed by atoms with E-state index in [-0.39, 0.29) is 18.1 Å². The number of allylic oxidation sites excluding steroid dienone is 1. The highest BCUT2D eigenvalue weighted by atomic mass is 35.5. The smallest absolute Gasteiger partial charge is 0.237 e. The number of hydrogen-bond donors (Lipinski definition) is 0. The van der Waals surface area contributed by atoms with Crippen molar-refractivity contribution >= 4 is 35.0 Å². The average molecular weight is 438 g/mol. The van der Waals surface area contributed by atoms with Gasteiger partial charge in [0.1, 0.15) is 0 Å². The maximum Gasteiger partial charge on any atom is 0.237 e. The van der Waals surface area contributed by atoms with Gasteiger partial charge in [0, 0.05) is 29.4 Å². The number of anilines is 1. The zero-order chi connectivity index (χ0) is 21.3. The molecule has 1 amide bonds. The molecule has 0 unspecified atom stereocenters. The fraction of sp³-hybridized carbons (Fsp3) is 0.182. The van der Waals surface area contributed by atoms with Crippen molar-refractivity contribution in [3.05, 3.63) is 72.3 Å². The van der Waals surface area contributed by atoms with Crippen LogP contribution in [0.4, 0.5) is 5.69 Å². The highest BCUT2D eigenvalue weighted by molar-refractivity contribution is 7.99. The molecule has 0 atom stereocenters. The zero-order valence-corrected chi connectivity index (χ0v) is 17.8. The van der Waals surface area contributed by atoms with Gasteiger partial charge in [-0.2, -0.15) is 5.26 Å². The SMILES string of the molecule is C=CCn1c(SCC(=O)N(CCC#N)c2ccccc2)nnc1-c1ccc(Cl)cc1. The number of carbonyl (C=O) groups is 1. The maximum atomic E-state index is 12.9. The van der Waals surface area contributed by atoms with E-state index in [9.17, 15) is 4.79 Å². The monoisotopic (exact) mass is 437 g/mol. The van der Waals surface area contributed by atoms with Crippen molar-refractivity contribution in [2.45, 2.75) is 18.1 Å². The van der Waals surface area contributed by atoms with Crippen LogP contribution >= 0.6 is 23.4 Å². The number of halogens is 1. The molecule has 152 valence electrons. The molecule has 3 aromatic rings. The van der Waals surface area contributed by atoms with E-state index in [0.717, 1.165) is 11.3 Å². The van der Waals surface area contributed by atoms with E-state index in [1.807, 2.05) is 47.0 Å². The van der Waals surface area contributed by atoms with Crippen LogP contribution in [-0.4, -0.2) is 33.0 Å². The van der Waals surface area contributed by atoms with E-state index < -0.39 is 0 Å². The topological polar surface area (TPSA) is 74.8 Å². The lowest BCUT2D eigenvalue weighted by Gasteiger charge is -2.21. The van der Waals surface area contributed by atoms with E-state index in [4.69, 9.17) is 16.9 Å². The fourth-order valence-electron chi connectivity index (χ4n) is 2.87. The number of para-hydroxylation sites is 1. The lowest BCUT2D eigenvalue weighted by Crippen LogP contribution is -2.33. The Hall–Kier alpha value is -3.08. The predicted molar refractivity (Wildman–Crippen MR) is 120 cm³/mol. The minimum absolute atomic E-state index is 0.0948. The van der Waals surface area contributed by atoms with E-state index in [2.05, 4.69) is 22.8 Å². The summed E-state index contributed by atoms with van der Waals surface area (Å²) in [6.45, 7) is 4.66. The largest absolute Gasteiger partial charge is 0.311 e. The van der Waals surface area contributed by atoms with E-state index in [1.54, 1.807) is 23.1 Å². The second-order valence-corrected chi connectivity index (χ2v) is 7.67. The lowest BCUT2D eigenvalue weighted by molar-refractivity contribution is -0.116. The normalized spacial score (nSPS) is 10.4. The Balaban J connectivity index is 1.78. The minimum atomic E-state index is -0.0948. The quantitative estimate of drug-likeness (QED) is 0.354. The van der Waals surface area contributed by atoms with Crippen molar-refractivity contribution in [2.24, 2.45) is 0 Å². The number of benzene rings is 2. The summed E-state index contributed by atoms with van der Waals surface area (Å²) in [5, 5.41) is 18.8. The van der Waals surface area contributed by atoms with Gasteiger partial charge in [0.05, 0.1) is 18.2 Å². The van der Waals surface area contributed by atoms with Crippen LogP contribution < -0.4 is 4.90 Å². The molecule has 0 aliphatic rings. The summed E-state index contributed by atoms with van der Waals surface area (Å²) in [7, 11) is 0. The van der Waals surface area contributed by atoms with Crippen LogP contribution in [0.2, 0.25) is 5.02 Å². The van der Waals surface area contributed by atoms with Crippen LogP contribution in [0.1, 0.15) is 6.42 Å². The third-order valence-electron chi connectivity index (χ3n) is 4.27. The molecule has 0 bridgehead atoms. The first kappa shape index (κ1) is 21.6. The second kappa shape index (κ2) is 10.6. The molecule has 0 saturated carbocycles. The van der Waals surface area contributed by atoms with E-state index >= 15 is 0 Å². The first-order chi connectivity index (χ1) is 14.6. The third-order valence-corrected chi connectivity index (χ3v) is 5.48. The van der Waals surface area contributed by atoms with Gasteiger partial charge in [-0.3, -0.25) is 9.36 Å². The van der Waals surface area contributed by atoms with Crippen molar-refractivity contribution in [2.75, 3.05) is 17.2 Å². The van der Waals surface area contributed by atoms with Crippen molar-refractivity contribution in [1.29, 1.82) is 5.26 Å². The maximum absolute atomic E-state index is 12.9. The van der Waals surface area contributed by atoms with Gasteiger partial charge >= 0.3 is 0 Å². The summed E-state index contributed by atoms with van der Waals surface area (Å²) in [6, 6.07) is 18.8. The third kappa shape index (κ3) is 5.29. The number of nitrogens with zero attached hydrogens (tertiary/aromatic N) is 5. The van der Waals surface area contributed by atoms with Crippen molar-refractivity contribution in [3.63, 3.8) is 0 Å². The summed E-state index contributed by atoms with van der Waals surface area (Å²) < 4.78 is 1.91. The Kier molecular flexibility index (Phi) is 7.66. The molecule has 0 N–H and O–H groups in total. The van der Waals surface area contributed by atoms with Gasteiger partial charge in [0.15, 0.2) is 11.0 Å². The van der Waals surface area contributed by atoms with Gasteiger partial charge < -0.3 is 4.90 Å². The molecule has 0 radical (unpaired) electrons. The van der Waals surface area contributed by atoms with Crippen LogP contribution in [0.25, 0.3) is 11.4 Å². The number of rotatable bonds is 9. The first-order valence-corrected chi connectivity index (χ1v) is 10.7. The van der Waals surface area contributed by atoms with Crippen LogP contribution in [-0.2, 0) is 11.3 Å². The Bertz CT molecular complexity index is 1040. The molecular weight excluding hydrogens is 418 g/mol. The fourth-order valence-corrected chi connectivity index (χ4v) is 3.82. The summed E-state index contributed by atoms with van der Waals surface area (Å²) in [5.74, 6) is 0.768. The Morgan fingerprint density at radius 2 is 1.93 bits per heavy atom. The Morgan fingerprint density at radius 1 is 1.20 bits per heavy atom. The van der Waals surface area contributed by atoms with E-state index in [0.29, 0.717) is 29.1 Å². The van der Waals surface area contributed by atoms with Gasteiger partial charge in [-0.1, -0.05) is 47.6 Å². The molecule has 0 saturated heterocycles.